The molecule has 0 radical (unpaired) electrons. The average molecular weight is 387 g/mol. The molecule has 0 aliphatic heterocycles. The highest BCUT2D eigenvalue weighted by molar-refractivity contribution is 5.94. The first-order valence-corrected chi connectivity index (χ1v) is 9.82. The molecule has 0 bridgehead atoms. The quantitative estimate of drug-likeness (QED) is 0.557. The third kappa shape index (κ3) is 4.77. The number of carbonyl (C=O) groups is 2. The van der Waals surface area contributed by atoms with Crippen molar-refractivity contribution in [2.75, 3.05) is 13.7 Å². The van der Waals surface area contributed by atoms with Gasteiger partial charge in [0.25, 0.3) is 5.91 Å². The van der Waals surface area contributed by atoms with Crippen LogP contribution in [0.5, 0.6) is 0 Å². The zero-order valence-electron chi connectivity index (χ0n) is 16.2. The lowest BCUT2D eigenvalue weighted by Gasteiger charge is -2.14. The second-order valence-electron chi connectivity index (χ2n) is 7.01. The molecule has 6 nitrogen and oxygen atoms in total. The SMILES string of the molecule is COC(=O)CCCCCNC(=O)c1nn(-c2ccc(F)cc2)c2c1CCCC2. The van der Waals surface area contributed by atoms with Gasteiger partial charge < -0.3 is 10.1 Å². The highest BCUT2D eigenvalue weighted by Crippen LogP contribution is 2.27. The molecule has 1 N–H and O–H groups in total. The molecule has 7 heteroatoms. The Balaban J connectivity index is 1.64. The number of halogens is 1. The van der Waals surface area contributed by atoms with E-state index in [2.05, 4.69) is 15.2 Å². The Morgan fingerprint density at radius 3 is 2.64 bits per heavy atom. The zero-order chi connectivity index (χ0) is 19.9. The van der Waals surface area contributed by atoms with Crippen LogP contribution in [0.15, 0.2) is 24.3 Å². The third-order valence-corrected chi connectivity index (χ3v) is 5.04. The number of fused-ring (bicyclic) bond motifs is 1. The molecule has 0 unspecified atom stereocenters. The Kier molecular flexibility index (Phi) is 6.79. The summed E-state index contributed by atoms with van der Waals surface area (Å²) < 4.78 is 19.6. The summed E-state index contributed by atoms with van der Waals surface area (Å²) in [6, 6.07) is 6.17. The Morgan fingerprint density at radius 1 is 1.14 bits per heavy atom. The van der Waals surface area contributed by atoms with Crippen molar-refractivity contribution >= 4 is 11.9 Å². The van der Waals surface area contributed by atoms with E-state index in [0.29, 0.717) is 18.7 Å². The highest BCUT2D eigenvalue weighted by atomic mass is 19.1. The first-order valence-electron chi connectivity index (χ1n) is 9.82. The van der Waals surface area contributed by atoms with Gasteiger partial charge in [-0.05, 0) is 62.8 Å². The number of ether oxygens (including phenoxy) is 1. The minimum Gasteiger partial charge on any atom is -0.469 e. The minimum absolute atomic E-state index is 0.174. The molecule has 1 aliphatic rings. The maximum Gasteiger partial charge on any atom is 0.305 e. The smallest absolute Gasteiger partial charge is 0.305 e. The Labute approximate surface area is 164 Å². The molecular weight excluding hydrogens is 361 g/mol. The number of aromatic nitrogens is 2. The van der Waals surface area contributed by atoms with Crippen molar-refractivity contribution in [1.29, 1.82) is 0 Å². The molecular formula is C21H26FN3O3. The van der Waals surface area contributed by atoms with Crippen molar-refractivity contribution in [3.05, 3.63) is 47.0 Å². The molecule has 0 spiro atoms. The third-order valence-electron chi connectivity index (χ3n) is 5.04. The number of carbonyl (C=O) groups excluding carboxylic acids is 2. The Morgan fingerprint density at radius 2 is 1.89 bits per heavy atom. The first kappa shape index (κ1) is 20.0. The fourth-order valence-electron chi connectivity index (χ4n) is 3.54. The van der Waals surface area contributed by atoms with Crippen molar-refractivity contribution in [1.82, 2.24) is 15.1 Å². The minimum atomic E-state index is -0.296. The molecule has 1 aromatic carbocycles. The van der Waals surface area contributed by atoms with E-state index in [-0.39, 0.29) is 17.7 Å². The maximum atomic E-state index is 13.2. The van der Waals surface area contributed by atoms with Crippen LogP contribution in [0.25, 0.3) is 5.69 Å². The van der Waals surface area contributed by atoms with E-state index in [1.165, 1.54) is 19.2 Å². The van der Waals surface area contributed by atoms with E-state index in [9.17, 15) is 14.0 Å². The van der Waals surface area contributed by atoms with Gasteiger partial charge in [0.05, 0.1) is 12.8 Å². The van der Waals surface area contributed by atoms with E-state index in [1.807, 2.05) is 0 Å². The van der Waals surface area contributed by atoms with Gasteiger partial charge in [0, 0.05) is 24.2 Å². The molecule has 1 aromatic heterocycles. The fourth-order valence-corrected chi connectivity index (χ4v) is 3.54. The molecule has 1 heterocycles. The number of nitrogens with one attached hydrogen (secondary N) is 1. The Bertz CT molecular complexity index is 830. The lowest BCUT2D eigenvalue weighted by Crippen LogP contribution is -2.26. The summed E-state index contributed by atoms with van der Waals surface area (Å²) in [4.78, 5) is 23.8. The van der Waals surface area contributed by atoms with Crippen molar-refractivity contribution in [2.24, 2.45) is 0 Å². The van der Waals surface area contributed by atoms with Gasteiger partial charge in [0.2, 0.25) is 0 Å². The average Bonchev–Trinajstić information content (AvgIpc) is 3.10. The zero-order valence-corrected chi connectivity index (χ0v) is 16.2. The summed E-state index contributed by atoms with van der Waals surface area (Å²) in [5.41, 5.74) is 3.27. The lowest BCUT2D eigenvalue weighted by atomic mass is 9.95. The summed E-state index contributed by atoms with van der Waals surface area (Å²) in [5, 5.41) is 7.50. The van der Waals surface area contributed by atoms with Gasteiger partial charge in [-0.15, -0.1) is 0 Å². The van der Waals surface area contributed by atoms with E-state index < -0.39 is 0 Å². The van der Waals surface area contributed by atoms with E-state index in [1.54, 1.807) is 16.8 Å². The topological polar surface area (TPSA) is 73.2 Å². The molecule has 0 saturated carbocycles. The van der Waals surface area contributed by atoms with Crippen LogP contribution in [-0.4, -0.2) is 35.3 Å². The highest BCUT2D eigenvalue weighted by Gasteiger charge is 2.25. The molecule has 2 aromatic rings. The van der Waals surface area contributed by atoms with Crippen molar-refractivity contribution in [3.8, 4) is 5.69 Å². The van der Waals surface area contributed by atoms with Crippen LogP contribution < -0.4 is 5.32 Å². The lowest BCUT2D eigenvalue weighted by molar-refractivity contribution is -0.140. The van der Waals surface area contributed by atoms with Crippen LogP contribution >= 0.6 is 0 Å². The molecule has 1 aliphatic carbocycles. The monoisotopic (exact) mass is 387 g/mol. The van der Waals surface area contributed by atoms with Gasteiger partial charge in [-0.3, -0.25) is 9.59 Å². The predicted molar refractivity (Wildman–Crippen MR) is 103 cm³/mol. The number of amides is 1. The number of methoxy groups -OCH3 is 1. The summed E-state index contributed by atoms with van der Waals surface area (Å²) in [7, 11) is 1.38. The number of hydrogen-bond donors (Lipinski definition) is 1. The van der Waals surface area contributed by atoms with Gasteiger partial charge in [-0.25, -0.2) is 9.07 Å². The van der Waals surface area contributed by atoms with Gasteiger partial charge in [0.1, 0.15) is 5.82 Å². The van der Waals surface area contributed by atoms with Gasteiger partial charge in [-0.2, -0.15) is 5.10 Å². The van der Waals surface area contributed by atoms with E-state index >= 15 is 0 Å². The van der Waals surface area contributed by atoms with Crippen molar-refractivity contribution in [3.63, 3.8) is 0 Å². The van der Waals surface area contributed by atoms with Gasteiger partial charge in [-0.1, -0.05) is 6.42 Å². The number of hydrogen-bond acceptors (Lipinski definition) is 4. The van der Waals surface area contributed by atoms with Crippen LogP contribution in [0.2, 0.25) is 0 Å². The molecule has 0 atom stereocenters. The Hall–Kier alpha value is -2.70. The molecule has 1 amide bonds. The first-order chi connectivity index (χ1) is 13.6. The van der Waals surface area contributed by atoms with Crippen LogP contribution in [0, 0.1) is 5.82 Å². The normalized spacial score (nSPS) is 13.1. The van der Waals surface area contributed by atoms with Gasteiger partial charge >= 0.3 is 5.97 Å². The second kappa shape index (κ2) is 9.48. The molecule has 150 valence electrons. The van der Waals surface area contributed by atoms with Crippen LogP contribution in [0.3, 0.4) is 0 Å². The standard InChI is InChI=1S/C21H26FN3O3/c1-28-19(26)9-3-2-6-14-23-21(27)20-17-7-4-5-8-18(17)25(24-20)16-12-10-15(22)11-13-16/h10-13H,2-9,14H2,1H3,(H,23,27). The fraction of sp³-hybridized carbons (Fsp3) is 0.476. The number of benzene rings is 1. The van der Waals surface area contributed by atoms with Crippen LogP contribution in [0.4, 0.5) is 4.39 Å². The summed E-state index contributed by atoms with van der Waals surface area (Å²) in [6.07, 6.45) is 6.58. The van der Waals surface area contributed by atoms with Crippen LogP contribution in [0.1, 0.15) is 60.3 Å². The summed E-state index contributed by atoms with van der Waals surface area (Å²) in [5.74, 6) is -0.677. The number of unbranched alkanes of at least 4 members (excludes halogenated alkanes) is 2. The second-order valence-corrected chi connectivity index (χ2v) is 7.01. The number of nitrogens with zero attached hydrogens (tertiary/aromatic N) is 2. The molecule has 0 saturated heterocycles. The largest absolute Gasteiger partial charge is 0.469 e. The van der Waals surface area contributed by atoms with E-state index in [0.717, 1.165) is 61.9 Å². The molecule has 3 rings (SSSR count). The van der Waals surface area contributed by atoms with Crippen LogP contribution in [-0.2, 0) is 22.4 Å². The predicted octanol–water partition coefficient (Wildman–Crippen LogP) is 3.35. The molecule has 0 fully saturated rings. The molecule has 28 heavy (non-hydrogen) atoms. The van der Waals surface area contributed by atoms with Crippen molar-refractivity contribution < 1.29 is 18.7 Å². The maximum absolute atomic E-state index is 13.2. The van der Waals surface area contributed by atoms with Gasteiger partial charge in [0.15, 0.2) is 5.69 Å². The summed E-state index contributed by atoms with van der Waals surface area (Å²) >= 11 is 0. The number of esters is 1. The van der Waals surface area contributed by atoms with E-state index in [4.69, 9.17) is 0 Å². The summed E-state index contributed by atoms with van der Waals surface area (Å²) in [6.45, 7) is 0.540. The van der Waals surface area contributed by atoms with Crippen molar-refractivity contribution in [2.45, 2.75) is 51.4 Å². The number of rotatable bonds is 8.